The molecular weight excluding hydrogens is 328 g/mol. The normalized spacial score (nSPS) is 11.5. The number of nitrogens with one attached hydrogen (secondary N) is 2. The van der Waals surface area contributed by atoms with Crippen molar-refractivity contribution in [1.82, 2.24) is 0 Å². The zero-order valence-corrected chi connectivity index (χ0v) is 15.5. The van der Waals surface area contributed by atoms with Crippen LogP contribution in [0.4, 0.5) is 11.4 Å². The molecule has 1 atom stereocenters. The maximum Gasteiger partial charge on any atom is 0.265 e. The lowest BCUT2D eigenvalue weighted by Crippen LogP contribution is -2.32. The second kappa shape index (κ2) is 9.61. The molecule has 0 heterocycles. The summed E-state index contributed by atoms with van der Waals surface area (Å²) in [4.78, 5) is 24.3. The van der Waals surface area contributed by atoms with E-state index in [1.165, 1.54) is 0 Å². The van der Waals surface area contributed by atoms with Gasteiger partial charge in [-0.3, -0.25) is 9.59 Å². The third-order valence-electron chi connectivity index (χ3n) is 3.92. The minimum Gasteiger partial charge on any atom is -0.480 e. The lowest BCUT2D eigenvalue weighted by molar-refractivity contribution is -0.122. The molecule has 138 valence electrons. The monoisotopic (exact) mass is 354 g/mol. The van der Waals surface area contributed by atoms with Crippen LogP contribution >= 0.6 is 0 Å². The molecule has 0 aromatic heterocycles. The number of hydrogen-bond donors (Lipinski definition) is 2. The summed E-state index contributed by atoms with van der Waals surface area (Å²) >= 11 is 0. The number of amides is 2. The van der Waals surface area contributed by atoms with Gasteiger partial charge in [0.05, 0.1) is 0 Å². The smallest absolute Gasteiger partial charge is 0.265 e. The number of benzene rings is 2. The largest absolute Gasteiger partial charge is 0.480 e. The van der Waals surface area contributed by atoms with Gasteiger partial charge in [-0.25, -0.2) is 0 Å². The molecule has 5 heteroatoms. The number of para-hydroxylation sites is 1. The summed E-state index contributed by atoms with van der Waals surface area (Å²) in [6.07, 6.45) is 1.22. The van der Waals surface area contributed by atoms with Crippen LogP contribution in [0.25, 0.3) is 0 Å². The minimum atomic E-state index is -0.588. The van der Waals surface area contributed by atoms with Gasteiger partial charge in [0, 0.05) is 17.8 Å². The van der Waals surface area contributed by atoms with Gasteiger partial charge in [0.2, 0.25) is 5.91 Å². The first kappa shape index (κ1) is 19.5. The van der Waals surface area contributed by atoms with Gasteiger partial charge >= 0.3 is 0 Å². The van der Waals surface area contributed by atoms with Crippen LogP contribution in [0.5, 0.6) is 5.75 Å². The van der Waals surface area contributed by atoms with E-state index in [9.17, 15) is 9.59 Å². The second-order valence-corrected chi connectivity index (χ2v) is 6.15. The quantitative estimate of drug-likeness (QED) is 0.732. The summed E-state index contributed by atoms with van der Waals surface area (Å²) in [5.74, 6) is 0.452. The number of aryl methyl sites for hydroxylation is 1. The molecule has 0 saturated heterocycles. The lowest BCUT2D eigenvalue weighted by Gasteiger charge is -2.19. The lowest BCUT2D eigenvalue weighted by atomic mass is 10.2. The molecular formula is C21H26N2O3. The Bertz CT molecular complexity index is 758. The number of anilines is 2. The predicted molar refractivity (Wildman–Crippen MR) is 104 cm³/mol. The Morgan fingerprint density at radius 2 is 1.69 bits per heavy atom. The molecule has 2 amide bonds. The molecule has 0 aliphatic rings. The van der Waals surface area contributed by atoms with E-state index in [1.807, 2.05) is 45.0 Å². The van der Waals surface area contributed by atoms with Gasteiger partial charge in [0.25, 0.3) is 5.91 Å². The fourth-order valence-electron chi connectivity index (χ4n) is 2.51. The first-order chi connectivity index (χ1) is 12.5. The van der Waals surface area contributed by atoms with Crippen LogP contribution in [0.1, 0.15) is 38.7 Å². The van der Waals surface area contributed by atoms with Crippen LogP contribution in [0.3, 0.4) is 0 Å². The molecule has 2 rings (SSSR count). The SMILES string of the molecule is CCCC(=O)Nc1cccc(NC(=O)C(CC)Oc2ccccc2C)c1. The molecule has 0 aliphatic carbocycles. The van der Waals surface area contributed by atoms with Crippen molar-refractivity contribution < 1.29 is 14.3 Å². The van der Waals surface area contributed by atoms with Gasteiger partial charge in [0.15, 0.2) is 6.10 Å². The number of carbonyl (C=O) groups excluding carboxylic acids is 2. The van der Waals surface area contributed by atoms with E-state index in [2.05, 4.69) is 10.6 Å². The zero-order chi connectivity index (χ0) is 18.9. The Balaban J connectivity index is 2.03. The van der Waals surface area contributed by atoms with Gasteiger partial charge in [-0.15, -0.1) is 0 Å². The van der Waals surface area contributed by atoms with Gasteiger partial charge in [-0.1, -0.05) is 38.1 Å². The van der Waals surface area contributed by atoms with E-state index in [4.69, 9.17) is 4.74 Å². The van der Waals surface area contributed by atoms with Crippen molar-refractivity contribution in [3.63, 3.8) is 0 Å². The van der Waals surface area contributed by atoms with Gasteiger partial charge in [0.1, 0.15) is 5.75 Å². The molecule has 0 spiro atoms. The molecule has 26 heavy (non-hydrogen) atoms. The van der Waals surface area contributed by atoms with E-state index in [0.29, 0.717) is 30.0 Å². The van der Waals surface area contributed by atoms with Crippen LogP contribution in [-0.4, -0.2) is 17.9 Å². The highest BCUT2D eigenvalue weighted by Gasteiger charge is 2.19. The van der Waals surface area contributed by atoms with Crippen LogP contribution in [-0.2, 0) is 9.59 Å². The highest BCUT2D eigenvalue weighted by molar-refractivity contribution is 5.96. The first-order valence-corrected chi connectivity index (χ1v) is 8.96. The molecule has 2 aromatic rings. The van der Waals surface area contributed by atoms with Gasteiger partial charge in [-0.05, 0) is 49.6 Å². The Morgan fingerprint density at radius 3 is 2.35 bits per heavy atom. The first-order valence-electron chi connectivity index (χ1n) is 8.96. The molecule has 0 bridgehead atoms. The average Bonchev–Trinajstić information content (AvgIpc) is 2.61. The molecule has 0 radical (unpaired) electrons. The third-order valence-corrected chi connectivity index (χ3v) is 3.92. The maximum atomic E-state index is 12.6. The van der Waals surface area contributed by atoms with Crippen molar-refractivity contribution in [2.75, 3.05) is 10.6 Å². The Labute approximate surface area is 154 Å². The molecule has 0 aliphatic heterocycles. The van der Waals surface area contributed by atoms with Crippen molar-refractivity contribution in [1.29, 1.82) is 0 Å². The van der Waals surface area contributed by atoms with E-state index < -0.39 is 6.10 Å². The van der Waals surface area contributed by atoms with Crippen LogP contribution in [0.15, 0.2) is 48.5 Å². The average molecular weight is 354 g/mol. The number of rotatable bonds is 8. The summed E-state index contributed by atoms with van der Waals surface area (Å²) in [5.41, 5.74) is 2.27. The van der Waals surface area contributed by atoms with Crippen molar-refractivity contribution in [3.8, 4) is 5.75 Å². The topological polar surface area (TPSA) is 67.4 Å². The van der Waals surface area contributed by atoms with Crippen LogP contribution < -0.4 is 15.4 Å². The second-order valence-electron chi connectivity index (χ2n) is 6.15. The number of ether oxygens (including phenoxy) is 1. The molecule has 5 nitrogen and oxygen atoms in total. The van der Waals surface area contributed by atoms with E-state index in [-0.39, 0.29) is 11.8 Å². The van der Waals surface area contributed by atoms with Crippen molar-refractivity contribution >= 4 is 23.2 Å². The maximum absolute atomic E-state index is 12.6. The summed E-state index contributed by atoms with van der Waals surface area (Å²) in [6, 6.07) is 14.7. The minimum absolute atomic E-state index is 0.0368. The number of carbonyl (C=O) groups is 2. The molecule has 0 fully saturated rings. The van der Waals surface area contributed by atoms with Crippen molar-refractivity contribution in [2.45, 2.75) is 46.1 Å². The standard InChI is InChI=1S/C21H26N2O3/c1-4-9-20(24)22-16-11-8-12-17(14-16)23-21(25)18(5-2)26-19-13-7-6-10-15(19)3/h6-8,10-14,18H,4-5,9H2,1-3H3,(H,22,24)(H,23,25). The van der Waals surface area contributed by atoms with Crippen molar-refractivity contribution in [3.05, 3.63) is 54.1 Å². The molecule has 2 aromatic carbocycles. The predicted octanol–water partition coefficient (Wildman–Crippen LogP) is 4.53. The highest BCUT2D eigenvalue weighted by Crippen LogP contribution is 2.20. The molecule has 0 saturated carbocycles. The van der Waals surface area contributed by atoms with E-state index in [1.54, 1.807) is 24.3 Å². The van der Waals surface area contributed by atoms with Crippen molar-refractivity contribution in [2.24, 2.45) is 0 Å². The zero-order valence-electron chi connectivity index (χ0n) is 15.5. The Hall–Kier alpha value is -2.82. The Kier molecular flexibility index (Phi) is 7.21. The summed E-state index contributed by atoms with van der Waals surface area (Å²) < 4.78 is 5.87. The van der Waals surface area contributed by atoms with Crippen LogP contribution in [0, 0.1) is 6.92 Å². The Morgan fingerprint density at radius 1 is 1.00 bits per heavy atom. The third kappa shape index (κ3) is 5.62. The summed E-state index contributed by atoms with van der Waals surface area (Å²) in [5, 5.41) is 5.69. The summed E-state index contributed by atoms with van der Waals surface area (Å²) in [7, 11) is 0. The number of hydrogen-bond acceptors (Lipinski definition) is 3. The van der Waals surface area contributed by atoms with E-state index >= 15 is 0 Å². The highest BCUT2D eigenvalue weighted by atomic mass is 16.5. The summed E-state index contributed by atoms with van der Waals surface area (Å²) in [6.45, 7) is 5.81. The fourth-order valence-corrected chi connectivity index (χ4v) is 2.51. The fraction of sp³-hybridized carbons (Fsp3) is 0.333. The van der Waals surface area contributed by atoms with E-state index in [0.717, 1.165) is 12.0 Å². The molecule has 2 N–H and O–H groups in total. The van der Waals surface area contributed by atoms with Crippen LogP contribution in [0.2, 0.25) is 0 Å². The van der Waals surface area contributed by atoms with Gasteiger partial charge < -0.3 is 15.4 Å². The van der Waals surface area contributed by atoms with Gasteiger partial charge in [-0.2, -0.15) is 0 Å². The molecule has 1 unspecified atom stereocenters.